The van der Waals surface area contributed by atoms with Gasteiger partial charge in [-0.25, -0.2) is 0 Å². The number of nitrogens with one attached hydrogen (secondary N) is 1. The monoisotopic (exact) mass is 318 g/mol. The van der Waals surface area contributed by atoms with Crippen LogP contribution in [0.15, 0.2) is 18.2 Å². The number of hydrogen-bond donors (Lipinski definition) is 1. The lowest BCUT2D eigenvalue weighted by molar-refractivity contribution is -0.122. The van der Waals surface area contributed by atoms with E-state index in [0.29, 0.717) is 23.2 Å². The molecule has 1 N–H and O–H groups in total. The highest BCUT2D eigenvalue weighted by molar-refractivity contribution is 6.32. The average molecular weight is 319 g/mol. The zero-order chi connectivity index (χ0) is 15.5. The van der Waals surface area contributed by atoms with Gasteiger partial charge in [0.2, 0.25) is 5.91 Å². The summed E-state index contributed by atoms with van der Waals surface area (Å²) in [6.07, 6.45) is 2.23. The molecule has 1 saturated heterocycles. The SMILES string of the molecule is N#Cc1c(Cl)cccc1N1CCN(CC(=O)NC2CC2)CC1. The van der Waals surface area contributed by atoms with Crippen molar-refractivity contribution in [2.45, 2.75) is 18.9 Å². The number of anilines is 1. The number of rotatable bonds is 4. The van der Waals surface area contributed by atoms with E-state index in [1.165, 1.54) is 0 Å². The number of piperazine rings is 1. The first-order chi connectivity index (χ1) is 10.7. The van der Waals surface area contributed by atoms with E-state index in [0.717, 1.165) is 44.7 Å². The molecule has 2 fully saturated rings. The second-order valence-electron chi connectivity index (χ2n) is 5.85. The van der Waals surface area contributed by atoms with Crippen LogP contribution in [0.25, 0.3) is 0 Å². The number of hydrogen-bond acceptors (Lipinski definition) is 4. The second-order valence-corrected chi connectivity index (χ2v) is 6.26. The van der Waals surface area contributed by atoms with Gasteiger partial charge in [-0.05, 0) is 25.0 Å². The van der Waals surface area contributed by atoms with Crippen LogP contribution in [0.3, 0.4) is 0 Å². The Kier molecular flexibility index (Phi) is 4.51. The van der Waals surface area contributed by atoms with Crippen LogP contribution in [-0.4, -0.2) is 49.6 Å². The topological polar surface area (TPSA) is 59.4 Å². The Morgan fingerprint density at radius 2 is 2.05 bits per heavy atom. The minimum absolute atomic E-state index is 0.122. The summed E-state index contributed by atoms with van der Waals surface area (Å²) < 4.78 is 0. The molecule has 2 aliphatic rings. The van der Waals surface area contributed by atoms with Gasteiger partial charge < -0.3 is 10.2 Å². The predicted octanol–water partition coefficient (Wildman–Crippen LogP) is 1.61. The smallest absolute Gasteiger partial charge is 0.234 e. The molecule has 0 spiro atoms. The summed E-state index contributed by atoms with van der Waals surface area (Å²) in [7, 11) is 0. The van der Waals surface area contributed by atoms with Gasteiger partial charge in [0.05, 0.1) is 22.8 Å². The molecule has 1 saturated carbocycles. The summed E-state index contributed by atoms with van der Waals surface area (Å²) in [6.45, 7) is 3.69. The van der Waals surface area contributed by atoms with E-state index in [2.05, 4.69) is 21.2 Å². The van der Waals surface area contributed by atoms with Crippen LogP contribution in [0, 0.1) is 11.3 Å². The molecule has 1 aromatic rings. The lowest BCUT2D eigenvalue weighted by Gasteiger charge is -2.36. The van der Waals surface area contributed by atoms with Crippen molar-refractivity contribution in [3.05, 3.63) is 28.8 Å². The van der Waals surface area contributed by atoms with Crippen molar-refractivity contribution in [2.24, 2.45) is 0 Å². The average Bonchev–Trinajstić information content (AvgIpc) is 3.31. The highest BCUT2D eigenvalue weighted by atomic mass is 35.5. The van der Waals surface area contributed by atoms with Crippen molar-refractivity contribution in [1.29, 1.82) is 5.26 Å². The third-order valence-corrected chi connectivity index (χ3v) is 4.44. The van der Waals surface area contributed by atoms with Crippen LogP contribution in [0.1, 0.15) is 18.4 Å². The molecule has 0 aromatic heterocycles. The Morgan fingerprint density at radius 3 is 2.68 bits per heavy atom. The number of amides is 1. The fourth-order valence-electron chi connectivity index (χ4n) is 2.74. The van der Waals surface area contributed by atoms with Crippen molar-refractivity contribution in [2.75, 3.05) is 37.6 Å². The lowest BCUT2D eigenvalue weighted by Crippen LogP contribution is -2.49. The van der Waals surface area contributed by atoms with Crippen LogP contribution in [0.5, 0.6) is 0 Å². The number of carbonyl (C=O) groups excluding carboxylic acids is 1. The Bertz CT molecular complexity index is 601. The largest absolute Gasteiger partial charge is 0.368 e. The van der Waals surface area contributed by atoms with Gasteiger partial charge in [-0.3, -0.25) is 9.69 Å². The Labute approximate surface area is 135 Å². The summed E-state index contributed by atoms with van der Waals surface area (Å²) in [6, 6.07) is 8.13. The van der Waals surface area contributed by atoms with Crippen LogP contribution < -0.4 is 10.2 Å². The van der Waals surface area contributed by atoms with Crippen LogP contribution in [0.4, 0.5) is 5.69 Å². The van der Waals surface area contributed by atoms with Crippen LogP contribution in [0.2, 0.25) is 5.02 Å². The summed E-state index contributed by atoms with van der Waals surface area (Å²) in [5.41, 5.74) is 1.42. The van der Waals surface area contributed by atoms with E-state index >= 15 is 0 Å². The summed E-state index contributed by atoms with van der Waals surface area (Å²) in [4.78, 5) is 16.2. The number of carbonyl (C=O) groups is 1. The third kappa shape index (κ3) is 3.52. The molecule has 1 aliphatic carbocycles. The van der Waals surface area contributed by atoms with E-state index < -0.39 is 0 Å². The molecule has 6 heteroatoms. The van der Waals surface area contributed by atoms with Gasteiger partial charge in [-0.2, -0.15) is 5.26 Å². The Balaban J connectivity index is 1.56. The third-order valence-electron chi connectivity index (χ3n) is 4.13. The maximum Gasteiger partial charge on any atom is 0.234 e. The molecule has 0 bridgehead atoms. The van der Waals surface area contributed by atoms with Gasteiger partial charge in [0, 0.05) is 32.2 Å². The van der Waals surface area contributed by atoms with Gasteiger partial charge >= 0.3 is 0 Å². The number of nitriles is 1. The maximum absolute atomic E-state index is 11.8. The van der Waals surface area contributed by atoms with Crippen LogP contribution in [-0.2, 0) is 4.79 Å². The molecule has 22 heavy (non-hydrogen) atoms. The van der Waals surface area contributed by atoms with E-state index in [1.807, 2.05) is 12.1 Å². The summed E-state index contributed by atoms with van der Waals surface area (Å²) in [5, 5.41) is 12.8. The summed E-state index contributed by atoms with van der Waals surface area (Å²) >= 11 is 6.09. The first kappa shape index (κ1) is 15.1. The van der Waals surface area contributed by atoms with Crippen molar-refractivity contribution in [3.8, 4) is 6.07 Å². The predicted molar refractivity (Wildman–Crippen MR) is 86.0 cm³/mol. The number of nitrogens with zero attached hydrogens (tertiary/aromatic N) is 3. The van der Waals surface area contributed by atoms with Gasteiger partial charge in [0.15, 0.2) is 0 Å². The molecule has 3 rings (SSSR count). The standard InChI is InChI=1S/C16H19ClN4O/c17-14-2-1-3-15(13(14)10-18)21-8-6-20(7-9-21)11-16(22)19-12-4-5-12/h1-3,12H,4-9,11H2,(H,19,22). The van der Waals surface area contributed by atoms with Gasteiger partial charge in [-0.15, -0.1) is 0 Å². The van der Waals surface area contributed by atoms with E-state index in [1.54, 1.807) is 6.07 Å². The normalized spacial score (nSPS) is 18.8. The molecule has 1 heterocycles. The minimum atomic E-state index is 0.122. The van der Waals surface area contributed by atoms with Crippen LogP contribution >= 0.6 is 11.6 Å². The molecule has 0 unspecified atom stereocenters. The zero-order valence-corrected chi connectivity index (χ0v) is 13.1. The first-order valence-corrected chi connectivity index (χ1v) is 8.00. The van der Waals surface area contributed by atoms with Crippen molar-refractivity contribution in [1.82, 2.24) is 10.2 Å². The fraction of sp³-hybridized carbons (Fsp3) is 0.500. The maximum atomic E-state index is 11.8. The van der Waals surface area contributed by atoms with Gasteiger partial charge in [0.1, 0.15) is 6.07 Å². The van der Waals surface area contributed by atoms with E-state index in [4.69, 9.17) is 11.6 Å². The highest BCUT2D eigenvalue weighted by Crippen LogP contribution is 2.27. The molecular formula is C16H19ClN4O. The molecule has 1 aromatic carbocycles. The lowest BCUT2D eigenvalue weighted by atomic mass is 10.1. The van der Waals surface area contributed by atoms with Gasteiger partial charge in [0.25, 0.3) is 0 Å². The number of halogens is 1. The molecule has 1 amide bonds. The first-order valence-electron chi connectivity index (χ1n) is 7.62. The van der Waals surface area contributed by atoms with Crippen molar-refractivity contribution < 1.29 is 4.79 Å². The highest BCUT2D eigenvalue weighted by Gasteiger charge is 2.25. The van der Waals surface area contributed by atoms with E-state index in [-0.39, 0.29) is 5.91 Å². The molecule has 5 nitrogen and oxygen atoms in total. The minimum Gasteiger partial charge on any atom is -0.368 e. The quantitative estimate of drug-likeness (QED) is 0.916. The summed E-state index contributed by atoms with van der Waals surface area (Å²) in [5.74, 6) is 0.122. The Morgan fingerprint density at radius 1 is 1.32 bits per heavy atom. The van der Waals surface area contributed by atoms with E-state index in [9.17, 15) is 10.1 Å². The number of benzene rings is 1. The molecule has 1 aliphatic heterocycles. The molecule has 0 radical (unpaired) electrons. The molecular weight excluding hydrogens is 300 g/mol. The van der Waals surface area contributed by atoms with Gasteiger partial charge in [-0.1, -0.05) is 17.7 Å². The molecule has 0 atom stereocenters. The van der Waals surface area contributed by atoms with Crippen molar-refractivity contribution >= 4 is 23.2 Å². The molecule has 116 valence electrons. The zero-order valence-electron chi connectivity index (χ0n) is 12.4. The fourth-order valence-corrected chi connectivity index (χ4v) is 2.95. The van der Waals surface area contributed by atoms with Crippen molar-refractivity contribution in [3.63, 3.8) is 0 Å². The Hall–Kier alpha value is -1.77. The second kappa shape index (κ2) is 6.55.